The maximum absolute atomic E-state index is 13.2. The number of ketones is 1. The number of rotatable bonds is 9. The van der Waals surface area contributed by atoms with Gasteiger partial charge >= 0.3 is 0 Å². The van der Waals surface area contributed by atoms with E-state index < -0.39 is 0 Å². The Morgan fingerprint density at radius 1 is 1.10 bits per heavy atom. The molecule has 0 N–H and O–H groups in total. The van der Waals surface area contributed by atoms with Crippen molar-refractivity contribution in [2.24, 2.45) is 0 Å². The SMILES string of the molecule is COc1ccc(Cn2nc(C)c(CC(=O)CCc3ccc(F)cc3Cl)c2C)cc1OC. The Morgan fingerprint density at radius 3 is 2.52 bits per heavy atom. The van der Waals surface area contributed by atoms with Crippen LogP contribution in [0.15, 0.2) is 36.4 Å². The first kappa shape index (κ1) is 22.8. The Balaban J connectivity index is 1.69. The molecule has 0 radical (unpaired) electrons. The maximum atomic E-state index is 13.2. The van der Waals surface area contributed by atoms with Gasteiger partial charge in [-0.1, -0.05) is 23.7 Å². The van der Waals surface area contributed by atoms with Gasteiger partial charge in [-0.3, -0.25) is 9.48 Å². The van der Waals surface area contributed by atoms with Crippen molar-refractivity contribution >= 4 is 17.4 Å². The van der Waals surface area contributed by atoms with E-state index >= 15 is 0 Å². The molecule has 0 aliphatic rings. The average Bonchev–Trinajstić information content (AvgIpc) is 3.00. The molecule has 1 heterocycles. The van der Waals surface area contributed by atoms with Crippen molar-refractivity contribution in [1.82, 2.24) is 9.78 Å². The molecule has 1 aromatic heterocycles. The van der Waals surface area contributed by atoms with Crippen LogP contribution >= 0.6 is 11.6 Å². The van der Waals surface area contributed by atoms with Gasteiger partial charge < -0.3 is 9.47 Å². The molecule has 0 fully saturated rings. The van der Waals surface area contributed by atoms with Gasteiger partial charge in [0.25, 0.3) is 0 Å². The average molecular weight is 445 g/mol. The van der Waals surface area contributed by atoms with E-state index in [9.17, 15) is 9.18 Å². The fourth-order valence-corrected chi connectivity index (χ4v) is 3.84. The standard InChI is InChI=1S/C24H26ClFN2O3/c1-15-21(13-20(29)9-7-18-6-8-19(26)12-22(18)25)16(2)28(27-15)14-17-5-10-23(30-3)24(11-17)31-4/h5-6,8,10-12H,7,9,13-14H2,1-4H3. The second-order valence-corrected chi connectivity index (χ2v) is 7.85. The van der Waals surface area contributed by atoms with Crippen molar-refractivity contribution in [2.45, 2.75) is 39.7 Å². The first-order valence-electron chi connectivity index (χ1n) is 10.0. The third-order valence-electron chi connectivity index (χ3n) is 5.37. The summed E-state index contributed by atoms with van der Waals surface area (Å²) in [4.78, 5) is 12.6. The lowest BCUT2D eigenvalue weighted by molar-refractivity contribution is -0.118. The summed E-state index contributed by atoms with van der Waals surface area (Å²) in [7, 11) is 3.21. The molecule has 0 amide bonds. The molecule has 5 nitrogen and oxygen atoms in total. The Kier molecular flexibility index (Phi) is 7.33. The Labute approximate surface area is 186 Å². The van der Waals surface area contributed by atoms with E-state index in [-0.39, 0.29) is 11.6 Å². The van der Waals surface area contributed by atoms with Crippen LogP contribution in [-0.4, -0.2) is 29.8 Å². The van der Waals surface area contributed by atoms with Crippen molar-refractivity contribution in [3.63, 3.8) is 0 Å². The lowest BCUT2D eigenvalue weighted by atomic mass is 10.0. The molecule has 0 spiro atoms. The molecule has 7 heteroatoms. The van der Waals surface area contributed by atoms with E-state index in [1.165, 1.54) is 12.1 Å². The van der Waals surface area contributed by atoms with Crippen LogP contribution in [0, 0.1) is 19.7 Å². The van der Waals surface area contributed by atoms with Crippen molar-refractivity contribution in [1.29, 1.82) is 0 Å². The van der Waals surface area contributed by atoms with Gasteiger partial charge in [-0.25, -0.2) is 4.39 Å². The van der Waals surface area contributed by atoms with Crippen molar-refractivity contribution < 1.29 is 18.7 Å². The summed E-state index contributed by atoms with van der Waals surface area (Å²) in [5.74, 6) is 1.05. The summed E-state index contributed by atoms with van der Waals surface area (Å²) in [6.45, 7) is 4.45. The Bertz CT molecular complexity index is 1090. The highest BCUT2D eigenvalue weighted by molar-refractivity contribution is 6.31. The summed E-state index contributed by atoms with van der Waals surface area (Å²) >= 11 is 6.06. The van der Waals surface area contributed by atoms with Crippen LogP contribution in [0.3, 0.4) is 0 Å². The third kappa shape index (κ3) is 5.44. The van der Waals surface area contributed by atoms with Crippen molar-refractivity contribution in [3.05, 3.63) is 75.3 Å². The molecule has 2 aromatic carbocycles. The third-order valence-corrected chi connectivity index (χ3v) is 5.73. The summed E-state index contributed by atoms with van der Waals surface area (Å²) in [5.41, 5.74) is 4.53. The molecular formula is C24H26ClFN2O3. The number of Topliss-reactive ketones (excluding diaryl/α,β-unsaturated/α-hetero) is 1. The van der Waals surface area contributed by atoms with Crippen LogP contribution in [0.1, 0.15) is 34.5 Å². The normalized spacial score (nSPS) is 10.9. The van der Waals surface area contributed by atoms with Gasteiger partial charge in [0.05, 0.1) is 26.5 Å². The second kappa shape index (κ2) is 9.96. The van der Waals surface area contributed by atoms with Crippen LogP contribution in [0.2, 0.25) is 5.02 Å². The van der Waals surface area contributed by atoms with Crippen LogP contribution in [-0.2, 0) is 24.2 Å². The summed E-state index contributed by atoms with van der Waals surface area (Å²) in [6, 6.07) is 10.0. The summed E-state index contributed by atoms with van der Waals surface area (Å²) in [5, 5.41) is 4.98. The molecule has 0 aliphatic heterocycles. The van der Waals surface area contributed by atoms with Gasteiger partial charge in [0.1, 0.15) is 11.6 Å². The van der Waals surface area contributed by atoms with E-state index in [0.29, 0.717) is 42.3 Å². The maximum Gasteiger partial charge on any atom is 0.161 e. The number of aromatic nitrogens is 2. The topological polar surface area (TPSA) is 53.4 Å². The van der Waals surface area contributed by atoms with Gasteiger partial charge in [0.2, 0.25) is 0 Å². The fourth-order valence-electron chi connectivity index (χ4n) is 3.58. The number of carbonyl (C=O) groups is 1. The smallest absolute Gasteiger partial charge is 0.161 e. The zero-order valence-corrected chi connectivity index (χ0v) is 18.9. The molecule has 0 atom stereocenters. The zero-order chi connectivity index (χ0) is 22.5. The number of halogens is 2. The molecule has 164 valence electrons. The Morgan fingerprint density at radius 2 is 1.84 bits per heavy atom. The largest absolute Gasteiger partial charge is 0.493 e. The summed E-state index contributed by atoms with van der Waals surface area (Å²) < 4.78 is 25.8. The second-order valence-electron chi connectivity index (χ2n) is 7.45. The van der Waals surface area contributed by atoms with Gasteiger partial charge in [-0.15, -0.1) is 0 Å². The number of hydrogen-bond donors (Lipinski definition) is 0. The number of ether oxygens (including phenoxy) is 2. The molecule has 0 unspecified atom stereocenters. The summed E-state index contributed by atoms with van der Waals surface area (Å²) in [6.07, 6.45) is 1.13. The minimum absolute atomic E-state index is 0.0947. The van der Waals surface area contributed by atoms with E-state index in [4.69, 9.17) is 21.1 Å². The van der Waals surface area contributed by atoms with Crippen molar-refractivity contribution in [2.75, 3.05) is 14.2 Å². The van der Waals surface area contributed by atoms with E-state index in [2.05, 4.69) is 5.10 Å². The lowest BCUT2D eigenvalue weighted by Crippen LogP contribution is -2.08. The van der Waals surface area contributed by atoms with Gasteiger partial charge in [0.15, 0.2) is 11.5 Å². The van der Waals surface area contributed by atoms with E-state index in [0.717, 1.165) is 28.1 Å². The van der Waals surface area contributed by atoms with E-state index in [1.54, 1.807) is 20.3 Å². The Hall–Kier alpha value is -2.86. The minimum atomic E-state index is -0.381. The molecule has 0 saturated heterocycles. The predicted octanol–water partition coefficient (Wildman–Crippen LogP) is 5.10. The quantitative estimate of drug-likeness (QED) is 0.460. The first-order valence-corrected chi connectivity index (χ1v) is 10.4. The highest BCUT2D eigenvalue weighted by atomic mass is 35.5. The minimum Gasteiger partial charge on any atom is -0.493 e. The predicted molar refractivity (Wildman–Crippen MR) is 119 cm³/mol. The molecule has 31 heavy (non-hydrogen) atoms. The monoisotopic (exact) mass is 444 g/mol. The molecule has 0 aliphatic carbocycles. The van der Waals surface area contributed by atoms with Gasteiger partial charge in [-0.2, -0.15) is 5.10 Å². The fraction of sp³-hybridized carbons (Fsp3) is 0.333. The number of methoxy groups -OCH3 is 2. The van der Waals surface area contributed by atoms with E-state index in [1.807, 2.05) is 36.7 Å². The highest BCUT2D eigenvalue weighted by Crippen LogP contribution is 2.28. The molecule has 0 bridgehead atoms. The number of carbonyl (C=O) groups excluding carboxylic acids is 1. The van der Waals surface area contributed by atoms with Crippen LogP contribution < -0.4 is 9.47 Å². The number of hydrogen-bond acceptors (Lipinski definition) is 4. The molecule has 3 aromatic rings. The first-order chi connectivity index (χ1) is 14.8. The molecular weight excluding hydrogens is 419 g/mol. The van der Waals surface area contributed by atoms with Crippen LogP contribution in [0.4, 0.5) is 4.39 Å². The number of aryl methyl sites for hydroxylation is 2. The number of nitrogens with zero attached hydrogens (tertiary/aromatic N) is 2. The molecule has 0 saturated carbocycles. The lowest BCUT2D eigenvalue weighted by Gasteiger charge is -2.11. The van der Waals surface area contributed by atoms with Crippen LogP contribution in [0.25, 0.3) is 0 Å². The van der Waals surface area contributed by atoms with Crippen LogP contribution in [0.5, 0.6) is 11.5 Å². The van der Waals surface area contributed by atoms with Gasteiger partial charge in [0, 0.05) is 29.1 Å². The van der Waals surface area contributed by atoms with Gasteiger partial charge in [-0.05, 0) is 55.7 Å². The highest BCUT2D eigenvalue weighted by Gasteiger charge is 2.16. The van der Waals surface area contributed by atoms with Crippen molar-refractivity contribution in [3.8, 4) is 11.5 Å². The molecule has 3 rings (SSSR count). The zero-order valence-electron chi connectivity index (χ0n) is 18.2. The number of benzene rings is 2.